The van der Waals surface area contributed by atoms with Crippen LogP contribution in [0.4, 0.5) is 27.2 Å². The summed E-state index contributed by atoms with van der Waals surface area (Å²) in [5, 5.41) is 5.50. The molecule has 2 saturated heterocycles. The first-order valence-electron chi connectivity index (χ1n) is 12.6. The first-order valence-corrected chi connectivity index (χ1v) is 12.6. The third-order valence-corrected chi connectivity index (χ3v) is 6.52. The van der Waals surface area contributed by atoms with Crippen molar-refractivity contribution in [2.45, 2.75) is 44.8 Å². The lowest BCUT2D eigenvalue weighted by atomic mass is 10.1. The normalized spacial score (nSPS) is 18.7. The monoisotopic (exact) mass is 513 g/mol. The number of hydrogen-bond donors (Lipinski definition) is 2. The summed E-state index contributed by atoms with van der Waals surface area (Å²) < 4.78 is 10.8. The van der Waals surface area contributed by atoms with Gasteiger partial charge in [0.05, 0.1) is 25.0 Å². The van der Waals surface area contributed by atoms with Crippen LogP contribution < -0.4 is 20.3 Å². The predicted octanol–water partition coefficient (Wildman–Crippen LogP) is 2.44. The van der Waals surface area contributed by atoms with E-state index in [4.69, 9.17) is 9.47 Å². The van der Waals surface area contributed by atoms with E-state index in [0.29, 0.717) is 36.6 Å². The van der Waals surface area contributed by atoms with E-state index in [0.717, 1.165) is 45.3 Å². The Kier molecular flexibility index (Phi) is 8.88. The molecule has 2 fully saturated rings. The topological polar surface area (TPSA) is 138 Å². The van der Waals surface area contributed by atoms with Crippen LogP contribution in [0, 0.1) is 0 Å². The quantitative estimate of drug-likeness (QED) is 0.568. The Hall–Kier alpha value is -3.74. The summed E-state index contributed by atoms with van der Waals surface area (Å²) in [4.78, 5) is 48.3. The van der Waals surface area contributed by atoms with Crippen molar-refractivity contribution < 1.29 is 19.1 Å². The zero-order valence-electron chi connectivity index (χ0n) is 21.6. The fourth-order valence-corrected chi connectivity index (χ4v) is 4.38. The molecule has 2 aliphatic heterocycles. The molecule has 0 bridgehead atoms. The number of ether oxygens (including phenoxy) is 2. The van der Waals surface area contributed by atoms with Crippen LogP contribution in [0.1, 0.15) is 32.6 Å². The lowest BCUT2D eigenvalue weighted by Gasteiger charge is -2.37. The molecule has 0 aromatic carbocycles. The maximum Gasteiger partial charge on any atom is 0.413 e. The average Bonchev–Trinajstić information content (AvgIpc) is 2.91. The molecular weight excluding hydrogens is 478 g/mol. The van der Waals surface area contributed by atoms with Gasteiger partial charge in [-0.15, -0.1) is 0 Å². The number of carbonyl (C=O) groups is 2. The molecule has 200 valence electrons. The number of nitrogens with zero attached hydrogens (tertiary/aromatic N) is 7. The highest BCUT2D eigenvalue weighted by Crippen LogP contribution is 2.21. The number of nitrogens with one attached hydrogen (secondary N) is 2. The smallest absolute Gasteiger partial charge is 0.413 e. The van der Waals surface area contributed by atoms with Crippen molar-refractivity contribution in [1.29, 1.82) is 0 Å². The summed E-state index contributed by atoms with van der Waals surface area (Å²) in [6.45, 7) is 5.48. The van der Waals surface area contributed by atoms with Crippen LogP contribution in [0.3, 0.4) is 0 Å². The van der Waals surface area contributed by atoms with Crippen molar-refractivity contribution in [2.75, 3.05) is 62.4 Å². The molecule has 1 atom stereocenters. The van der Waals surface area contributed by atoms with E-state index >= 15 is 0 Å². The number of carbonyl (C=O) groups excluding carboxylic acids is 2. The third-order valence-electron chi connectivity index (χ3n) is 6.52. The molecule has 0 saturated carbocycles. The fourth-order valence-electron chi connectivity index (χ4n) is 4.38. The van der Waals surface area contributed by atoms with Gasteiger partial charge in [0.15, 0.2) is 5.82 Å². The zero-order chi connectivity index (χ0) is 26.2. The van der Waals surface area contributed by atoms with Crippen molar-refractivity contribution in [3.63, 3.8) is 0 Å². The van der Waals surface area contributed by atoms with Crippen LogP contribution in [0.5, 0.6) is 5.88 Å². The van der Waals surface area contributed by atoms with Crippen LogP contribution in [0.25, 0.3) is 0 Å². The Morgan fingerprint density at radius 2 is 1.89 bits per heavy atom. The van der Waals surface area contributed by atoms with Gasteiger partial charge in [-0.1, -0.05) is 0 Å². The van der Waals surface area contributed by atoms with Crippen molar-refractivity contribution >= 4 is 29.7 Å². The number of likely N-dealkylation sites (tertiary alicyclic amines) is 1. The first kappa shape index (κ1) is 26.3. The van der Waals surface area contributed by atoms with Crippen LogP contribution >= 0.6 is 0 Å². The lowest BCUT2D eigenvalue weighted by Crippen LogP contribution is -2.50. The second-order valence-electron chi connectivity index (χ2n) is 9.23. The van der Waals surface area contributed by atoms with Gasteiger partial charge in [0, 0.05) is 39.4 Å². The van der Waals surface area contributed by atoms with Gasteiger partial charge in [0.1, 0.15) is 11.9 Å². The summed E-state index contributed by atoms with van der Waals surface area (Å²) >= 11 is 0. The zero-order valence-corrected chi connectivity index (χ0v) is 21.6. The summed E-state index contributed by atoms with van der Waals surface area (Å²) in [7, 11) is 3.81. The minimum atomic E-state index is -0.510. The van der Waals surface area contributed by atoms with Crippen LogP contribution in [-0.4, -0.2) is 101 Å². The van der Waals surface area contributed by atoms with E-state index in [1.807, 2.05) is 11.8 Å². The SMILES string of the molecule is CCOc1cnc(NC(=O)N(C)[C@@H]2CCCN(c3nccc(NC(=O)OC4CCN(C)CC4)n3)C2)cn1. The maximum atomic E-state index is 12.8. The van der Waals surface area contributed by atoms with E-state index in [-0.39, 0.29) is 18.2 Å². The number of amides is 3. The highest BCUT2D eigenvalue weighted by atomic mass is 16.6. The Morgan fingerprint density at radius 1 is 1.08 bits per heavy atom. The number of piperidine rings is 2. The molecule has 2 aliphatic rings. The number of urea groups is 1. The molecule has 0 radical (unpaired) electrons. The third kappa shape index (κ3) is 7.38. The van der Waals surface area contributed by atoms with E-state index in [1.54, 1.807) is 24.2 Å². The molecule has 2 aromatic heterocycles. The highest BCUT2D eigenvalue weighted by molar-refractivity contribution is 5.88. The second-order valence-corrected chi connectivity index (χ2v) is 9.23. The largest absolute Gasteiger partial charge is 0.477 e. The Morgan fingerprint density at radius 3 is 2.62 bits per heavy atom. The van der Waals surface area contributed by atoms with Gasteiger partial charge in [-0.05, 0) is 45.7 Å². The van der Waals surface area contributed by atoms with Crippen molar-refractivity contribution in [2.24, 2.45) is 0 Å². The molecule has 4 heterocycles. The highest BCUT2D eigenvalue weighted by Gasteiger charge is 2.28. The van der Waals surface area contributed by atoms with Gasteiger partial charge >= 0.3 is 12.1 Å². The van der Waals surface area contributed by atoms with Gasteiger partial charge in [0.2, 0.25) is 11.8 Å². The Bertz CT molecular complexity index is 1050. The number of rotatable bonds is 7. The minimum absolute atomic E-state index is 0.0565. The molecule has 2 aromatic rings. The number of aromatic nitrogens is 4. The predicted molar refractivity (Wildman–Crippen MR) is 138 cm³/mol. The van der Waals surface area contributed by atoms with E-state index < -0.39 is 6.09 Å². The first-order chi connectivity index (χ1) is 17.9. The standard InChI is InChI=1S/C24H35N9O4/c1-4-36-21-15-26-20(14-27-21)29-23(34)32(3)17-6-5-11-33(16-17)22-25-10-7-19(28-22)30-24(35)37-18-8-12-31(2)13-9-18/h7,10,14-15,17-18H,4-6,8-9,11-13,16H2,1-3H3,(H,26,29,34)(H,25,28,30,35)/t17-/m1/s1. The van der Waals surface area contributed by atoms with Gasteiger partial charge in [0.25, 0.3) is 0 Å². The van der Waals surface area contributed by atoms with Crippen molar-refractivity contribution in [3.05, 3.63) is 24.7 Å². The summed E-state index contributed by atoms with van der Waals surface area (Å²) in [6, 6.07) is 1.30. The molecule has 13 nitrogen and oxygen atoms in total. The summed E-state index contributed by atoms with van der Waals surface area (Å²) in [5.74, 6) is 1.63. The number of hydrogen-bond acceptors (Lipinski definition) is 10. The van der Waals surface area contributed by atoms with Gasteiger partial charge in [-0.3, -0.25) is 10.6 Å². The lowest BCUT2D eigenvalue weighted by molar-refractivity contribution is 0.0661. The van der Waals surface area contributed by atoms with Crippen LogP contribution in [0.15, 0.2) is 24.7 Å². The Balaban J connectivity index is 1.31. The molecule has 0 spiro atoms. The van der Waals surface area contributed by atoms with Gasteiger partial charge in [-0.2, -0.15) is 4.98 Å². The summed E-state index contributed by atoms with van der Waals surface area (Å²) in [5.41, 5.74) is 0. The average molecular weight is 514 g/mol. The van der Waals surface area contributed by atoms with E-state index in [2.05, 4.69) is 42.5 Å². The maximum absolute atomic E-state index is 12.8. The summed E-state index contributed by atoms with van der Waals surface area (Å²) in [6.07, 6.45) is 7.30. The van der Waals surface area contributed by atoms with Gasteiger partial charge < -0.3 is 24.2 Å². The van der Waals surface area contributed by atoms with Crippen LogP contribution in [-0.2, 0) is 4.74 Å². The molecule has 0 unspecified atom stereocenters. The molecule has 0 aliphatic carbocycles. The Labute approximate surface area is 216 Å². The minimum Gasteiger partial charge on any atom is -0.477 e. The fraction of sp³-hybridized carbons (Fsp3) is 0.583. The van der Waals surface area contributed by atoms with Gasteiger partial charge in [-0.25, -0.2) is 24.5 Å². The van der Waals surface area contributed by atoms with Crippen molar-refractivity contribution in [1.82, 2.24) is 29.7 Å². The van der Waals surface area contributed by atoms with Crippen LogP contribution in [0.2, 0.25) is 0 Å². The number of anilines is 3. The van der Waals surface area contributed by atoms with E-state index in [1.165, 1.54) is 12.4 Å². The molecule has 4 rings (SSSR count). The number of likely N-dealkylation sites (N-methyl/N-ethyl adjacent to an activating group) is 1. The molecular formula is C24H35N9O4. The molecule has 3 amide bonds. The van der Waals surface area contributed by atoms with Crippen molar-refractivity contribution in [3.8, 4) is 5.88 Å². The molecule has 13 heteroatoms. The second kappa shape index (κ2) is 12.5. The molecule has 2 N–H and O–H groups in total. The van der Waals surface area contributed by atoms with E-state index in [9.17, 15) is 9.59 Å². The molecule has 37 heavy (non-hydrogen) atoms.